The van der Waals surface area contributed by atoms with Gasteiger partial charge in [0.2, 0.25) is 0 Å². The highest BCUT2D eigenvalue weighted by molar-refractivity contribution is 5.97. The Kier molecular flexibility index (Phi) is 13.3. The predicted octanol–water partition coefficient (Wildman–Crippen LogP) is 18.6. The van der Waals surface area contributed by atoms with Gasteiger partial charge in [-0.3, -0.25) is 15.0 Å². The second-order valence-electron chi connectivity index (χ2n) is 18.8. The molecule has 0 unspecified atom stereocenters. The summed E-state index contributed by atoms with van der Waals surface area (Å²) in [6.45, 7) is 0. The number of hydrogen-bond acceptors (Lipinski definition) is 4. The van der Waals surface area contributed by atoms with Crippen LogP contribution in [0.5, 0.6) is 0 Å². The first-order valence-electron chi connectivity index (χ1n) is 25.0. The summed E-state index contributed by atoms with van der Waals surface area (Å²) in [5.74, 6) is -4.97. The Labute approximate surface area is 449 Å². The minimum Gasteiger partial charge on any atom is -0.256 e. The van der Waals surface area contributed by atoms with Crippen LogP contribution in [0.25, 0.3) is 123 Å². The van der Waals surface area contributed by atoms with Gasteiger partial charge >= 0.3 is 0 Å². The zero-order valence-electron chi connectivity index (χ0n) is 41.5. The Morgan fingerprint density at radius 3 is 1.16 bits per heavy atom. The standard InChI is InChI=1S/C68H39F7N4/c69-49-17-21-54(44-15-25-65(76-36-44)57-24-20-52(72)33-63(57)74)58(30-49)46-27-47(59-31-50(70)18-22-55(59)45-16-26-66(77-37-45)68-64(75)34-53(73)38-79-68)29-48(28-46)60-32-51(71)19-23-56(60)62-39-78-67(43-9-5-2-6-10-43)35-61(62)42-13-11-41(12-14-42)40-7-3-1-4-8-40/h1-39H. The van der Waals surface area contributed by atoms with Crippen molar-refractivity contribution < 1.29 is 30.7 Å². The molecule has 0 aliphatic carbocycles. The van der Waals surface area contributed by atoms with Gasteiger partial charge < -0.3 is 0 Å². The van der Waals surface area contributed by atoms with Crippen LogP contribution in [0.3, 0.4) is 0 Å². The lowest BCUT2D eigenvalue weighted by molar-refractivity contribution is 0.575. The lowest BCUT2D eigenvalue weighted by Crippen LogP contribution is -1.96. The molecule has 4 heterocycles. The normalized spacial score (nSPS) is 11.2. The summed E-state index contributed by atoms with van der Waals surface area (Å²) in [6.07, 6.45) is 5.66. The summed E-state index contributed by atoms with van der Waals surface area (Å²) in [4.78, 5) is 17.9. The number of halogens is 7. The number of hydrogen-bond donors (Lipinski definition) is 0. The van der Waals surface area contributed by atoms with Gasteiger partial charge in [0.05, 0.1) is 23.3 Å². The third-order valence-electron chi connectivity index (χ3n) is 13.8. The molecule has 0 bridgehead atoms. The first-order valence-corrected chi connectivity index (χ1v) is 25.0. The van der Waals surface area contributed by atoms with E-state index in [4.69, 9.17) is 4.98 Å². The summed E-state index contributed by atoms with van der Waals surface area (Å²) in [7, 11) is 0. The van der Waals surface area contributed by atoms with Gasteiger partial charge in [-0.2, -0.15) is 0 Å². The summed E-state index contributed by atoms with van der Waals surface area (Å²) in [6, 6.07) is 58.8. The van der Waals surface area contributed by atoms with Crippen molar-refractivity contribution in [2.75, 3.05) is 0 Å². The number of aromatic nitrogens is 4. The van der Waals surface area contributed by atoms with E-state index in [1.54, 1.807) is 48.7 Å². The van der Waals surface area contributed by atoms with E-state index < -0.39 is 40.7 Å². The fourth-order valence-electron chi connectivity index (χ4n) is 9.95. The van der Waals surface area contributed by atoms with Gasteiger partial charge in [-0.25, -0.2) is 35.7 Å². The Morgan fingerprint density at radius 2 is 0.633 bits per heavy atom. The summed E-state index contributed by atoms with van der Waals surface area (Å²) in [5.41, 5.74) is 11.5. The molecule has 380 valence electrons. The fraction of sp³-hybridized carbons (Fsp3) is 0. The molecule has 4 aromatic heterocycles. The van der Waals surface area contributed by atoms with E-state index in [1.165, 1.54) is 60.9 Å². The lowest BCUT2D eigenvalue weighted by atomic mass is 9.85. The smallest absolute Gasteiger partial charge is 0.153 e. The van der Waals surface area contributed by atoms with Crippen molar-refractivity contribution in [2.45, 2.75) is 0 Å². The van der Waals surface area contributed by atoms with Crippen molar-refractivity contribution in [1.29, 1.82) is 0 Å². The quantitative estimate of drug-likeness (QED) is 0.121. The largest absolute Gasteiger partial charge is 0.256 e. The number of rotatable bonds is 11. The van der Waals surface area contributed by atoms with E-state index in [2.05, 4.69) is 27.1 Å². The van der Waals surface area contributed by atoms with Crippen LogP contribution < -0.4 is 0 Å². The molecule has 0 saturated heterocycles. The number of benzene rings is 8. The first-order chi connectivity index (χ1) is 38.5. The number of pyridine rings is 4. The van der Waals surface area contributed by atoms with Crippen molar-refractivity contribution in [3.63, 3.8) is 0 Å². The first kappa shape index (κ1) is 49.7. The molecule has 0 radical (unpaired) electrons. The molecule has 79 heavy (non-hydrogen) atoms. The minimum atomic E-state index is -0.898. The van der Waals surface area contributed by atoms with Crippen LogP contribution in [0, 0.1) is 40.7 Å². The molecule has 0 spiro atoms. The third-order valence-corrected chi connectivity index (χ3v) is 13.8. The maximum absolute atomic E-state index is 16.2. The molecule has 0 N–H and O–H groups in total. The van der Waals surface area contributed by atoms with Crippen LogP contribution in [-0.4, -0.2) is 19.9 Å². The molecule has 12 rings (SSSR count). The Morgan fingerprint density at radius 1 is 0.203 bits per heavy atom. The van der Waals surface area contributed by atoms with E-state index in [0.29, 0.717) is 72.5 Å². The molecule has 0 fully saturated rings. The molecule has 0 aliphatic rings. The third kappa shape index (κ3) is 10.2. The maximum Gasteiger partial charge on any atom is 0.153 e. The van der Waals surface area contributed by atoms with Crippen molar-refractivity contribution >= 4 is 0 Å². The van der Waals surface area contributed by atoms with E-state index >= 15 is 13.2 Å². The topological polar surface area (TPSA) is 51.6 Å². The van der Waals surface area contributed by atoms with Gasteiger partial charge in [-0.15, -0.1) is 0 Å². The van der Waals surface area contributed by atoms with Gasteiger partial charge in [-0.05, 0) is 157 Å². The minimum absolute atomic E-state index is 0.0859. The molecule has 0 aliphatic heterocycles. The highest BCUT2D eigenvalue weighted by Gasteiger charge is 2.22. The molecule has 0 saturated carbocycles. The Hall–Kier alpha value is -10.1. The zero-order valence-corrected chi connectivity index (χ0v) is 41.5. The molecule has 12 aromatic rings. The van der Waals surface area contributed by atoms with Crippen molar-refractivity contribution in [1.82, 2.24) is 19.9 Å². The van der Waals surface area contributed by atoms with Gasteiger partial charge in [-0.1, -0.05) is 115 Å². The van der Waals surface area contributed by atoms with Crippen LogP contribution >= 0.6 is 0 Å². The molecular weight excluding hydrogens is 1010 g/mol. The Balaban J connectivity index is 1.06. The van der Waals surface area contributed by atoms with Crippen LogP contribution in [0.2, 0.25) is 0 Å². The molecule has 11 heteroatoms. The van der Waals surface area contributed by atoms with E-state index in [-0.39, 0.29) is 22.6 Å². The maximum atomic E-state index is 16.2. The van der Waals surface area contributed by atoms with Crippen molar-refractivity contribution in [2.24, 2.45) is 0 Å². The molecule has 0 atom stereocenters. The summed E-state index contributed by atoms with van der Waals surface area (Å²) < 4.78 is 105. The van der Waals surface area contributed by atoms with Crippen LogP contribution in [-0.2, 0) is 0 Å². The zero-order chi connectivity index (χ0) is 54.1. The van der Waals surface area contributed by atoms with Crippen molar-refractivity contribution in [3.05, 3.63) is 278 Å². The van der Waals surface area contributed by atoms with Gasteiger partial charge in [0.25, 0.3) is 0 Å². The molecule has 8 aromatic carbocycles. The second-order valence-corrected chi connectivity index (χ2v) is 18.8. The fourth-order valence-corrected chi connectivity index (χ4v) is 9.95. The monoisotopic (exact) mass is 1040 g/mol. The highest BCUT2D eigenvalue weighted by atomic mass is 19.2. The van der Waals surface area contributed by atoms with Crippen molar-refractivity contribution in [3.8, 4) is 123 Å². The van der Waals surface area contributed by atoms with E-state index in [0.717, 1.165) is 52.2 Å². The van der Waals surface area contributed by atoms with Crippen LogP contribution in [0.4, 0.5) is 30.7 Å². The predicted molar refractivity (Wildman–Crippen MR) is 297 cm³/mol. The average molecular weight is 1050 g/mol. The van der Waals surface area contributed by atoms with E-state index in [9.17, 15) is 17.6 Å². The molecule has 0 amide bonds. The van der Waals surface area contributed by atoms with Crippen LogP contribution in [0.1, 0.15) is 0 Å². The average Bonchev–Trinajstić information content (AvgIpc) is 3.65. The second kappa shape index (κ2) is 21.1. The summed E-state index contributed by atoms with van der Waals surface area (Å²) in [5, 5.41) is 0. The van der Waals surface area contributed by atoms with Gasteiger partial charge in [0.1, 0.15) is 40.6 Å². The summed E-state index contributed by atoms with van der Waals surface area (Å²) >= 11 is 0. The highest BCUT2D eigenvalue weighted by Crippen LogP contribution is 2.45. The van der Waals surface area contributed by atoms with Gasteiger partial charge in [0.15, 0.2) is 5.82 Å². The molecule has 4 nitrogen and oxygen atoms in total. The molecular formula is C68H39F7N4. The van der Waals surface area contributed by atoms with Crippen LogP contribution in [0.15, 0.2) is 237 Å². The SMILES string of the molecule is Fc1ccc(-c2ccc(-c3ccc(F)cc3-c3cc(-c4cc(F)ccc4-c4ccc(-c5ncc(F)cc5F)nc4)cc(-c4cc(F)ccc4-c4cnc(-c5ccccc5)cc4-c4ccc(-c5ccccc5)cc4)c3)cn2)c(F)c1. The van der Waals surface area contributed by atoms with E-state index in [1.807, 2.05) is 91.0 Å². The van der Waals surface area contributed by atoms with Gasteiger partial charge in [0, 0.05) is 58.5 Å². The lowest BCUT2D eigenvalue weighted by Gasteiger charge is -2.19. The number of nitrogens with zero attached hydrogens (tertiary/aromatic N) is 4. The Bertz CT molecular complexity index is 4090.